The summed E-state index contributed by atoms with van der Waals surface area (Å²) < 4.78 is 13.9. The molecule has 0 saturated carbocycles. The van der Waals surface area contributed by atoms with Gasteiger partial charge in [-0.25, -0.2) is 4.39 Å². The van der Waals surface area contributed by atoms with E-state index in [1.807, 2.05) is 0 Å². The first-order chi connectivity index (χ1) is 9.49. The van der Waals surface area contributed by atoms with Crippen LogP contribution in [0.2, 0.25) is 0 Å². The number of rotatable bonds is 4. The average molecular weight is 293 g/mol. The Morgan fingerprint density at radius 2 is 1.95 bits per heavy atom. The molecule has 4 nitrogen and oxygen atoms in total. The first kappa shape index (κ1) is 14.5. The Morgan fingerprint density at radius 1 is 1.25 bits per heavy atom. The van der Waals surface area contributed by atoms with Crippen LogP contribution in [0.15, 0.2) is 52.3 Å². The van der Waals surface area contributed by atoms with Gasteiger partial charge in [0.2, 0.25) is 0 Å². The summed E-state index contributed by atoms with van der Waals surface area (Å²) in [6, 6.07) is 10.5. The maximum atomic E-state index is 13.9. The second-order valence-electron chi connectivity index (χ2n) is 4.19. The summed E-state index contributed by atoms with van der Waals surface area (Å²) in [5.41, 5.74) is 0.408. The van der Waals surface area contributed by atoms with E-state index in [1.54, 1.807) is 31.2 Å². The van der Waals surface area contributed by atoms with Crippen LogP contribution in [0.3, 0.4) is 0 Å². The summed E-state index contributed by atoms with van der Waals surface area (Å²) in [6.45, 7) is 1.55. The third-order valence-corrected chi connectivity index (χ3v) is 3.84. The zero-order chi connectivity index (χ0) is 14.7. The van der Waals surface area contributed by atoms with Gasteiger partial charge < -0.3 is 5.11 Å². The Kier molecular flexibility index (Phi) is 4.36. The second kappa shape index (κ2) is 6.02. The SMILES string of the molecule is C[C@H](O)c1ccc(Sc2ccccc2[N+](=O)[O-])c(F)c1. The predicted molar refractivity (Wildman–Crippen MR) is 74.3 cm³/mol. The van der Waals surface area contributed by atoms with Gasteiger partial charge in [-0.2, -0.15) is 0 Å². The van der Waals surface area contributed by atoms with Crippen molar-refractivity contribution in [2.45, 2.75) is 22.8 Å². The lowest BCUT2D eigenvalue weighted by atomic mass is 10.1. The summed E-state index contributed by atoms with van der Waals surface area (Å²) in [4.78, 5) is 11.1. The molecule has 0 amide bonds. The number of aliphatic hydroxyl groups is 1. The smallest absolute Gasteiger partial charge is 0.283 e. The summed E-state index contributed by atoms with van der Waals surface area (Å²) in [5, 5.41) is 20.3. The van der Waals surface area contributed by atoms with Gasteiger partial charge in [0.15, 0.2) is 0 Å². The molecule has 0 saturated heterocycles. The van der Waals surface area contributed by atoms with Crippen LogP contribution in [-0.2, 0) is 0 Å². The third-order valence-electron chi connectivity index (χ3n) is 2.72. The Balaban J connectivity index is 2.33. The van der Waals surface area contributed by atoms with Crippen LogP contribution in [0.4, 0.5) is 10.1 Å². The molecule has 2 aromatic rings. The van der Waals surface area contributed by atoms with Crippen molar-refractivity contribution < 1.29 is 14.4 Å². The summed E-state index contributed by atoms with van der Waals surface area (Å²) in [6.07, 6.45) is -0.755. The molecule has 0 aliphatic carbocycles. The van der Waals surface area contributed by atoms with E-state index in [4.69, 9.17) is 0 Å². The largest absolute Gasteiger partial charge is 0.389 e. The maximum absolute atomic E-state index is 13.9. The fraction of sp³-hybridized carbons (Fsp3) is 0.143. The number of benzene rings is 2. The predicted octanol–water partition coefficient (Wildman–Crippen LogP) is 3.94. The molecule has 0 heterocycles. The standard InChI is InChI=1S/C14H12FNO3S/c1-9(17)10-6-7-13(11(15)8-10)20-14-5-3-2-4-12(14)16(18)19/h2-9,17H,1H3/t9-/m0/s1. The van der Waals surface area contributed by atoms with E-state index in [9.17, 15) is 19.6 Å². The zero-order valence-electron chi connectivity index (χ0n) is 10.6. The van der Waals surface area contributed by atoms with Crippen molar-refractivity contribution in [1.29, 1.82) is 0 Å². The number of nitrogens with zero attached hydrogens (tertiary/aromatic N) is 1. The molecule has 20 heavy (non-hydrogen) atoms. The molecule has 2 rings (SSSR count). The van der Waals surface area contributed by atoms with Gasteiger partial charge in [-0.05, 0) is 30.7 Å². The summed E-state index contributed by atoms with van der Waals surface area (Å²) in [5.74, 6) is -0.508. The Labute approximate surface area is 119 Å². The van der Waals surface area contributed by atoms with Crippen molar-refractivity contribution in [2.75, 3.05) is 0 Å². The van der Waals surface area contributed by atoms with Gasteiger partial charge >= 0.3 is 0 Å². The minimum absolute atomic E-state index is 0.0588. The highest BCUT2D eigenvalue weighted by Gasteiger charge is 2.16. The molecule has 0 unspecified atom stereocenters. The van der Waals surface area contributed by atoms with E-state index in [1.165, 1.54) is 18.2 Å². The van der Waals surface area contributed by atoms with Gasteiger partial charge in [0, 0.05) is 11.0 Å². The molecule has 2 aromatic carbocycles. The van der Waals surface area contributed by atoms with Gasteiger partial charge in [0.25, 0.3) is 5.69 Å². The summed E-state index contributed by atoms with van der Waals surface area (Å²) >= 11 is 0.991. The molecule has 0 aliphatic heterocycles. The number of halogens is 1. The number of aliphatic hydroxyl groups excluding tert-OH is 1. The lowest BCUT2D eigenvalue weighted by Crippen LogP contribution is -1.94. The minimum Gasteiger partial charge on any atom is -0.389 e. The molecule has 104 valence electrons. The van der Waals surface area contributed by atoms with Crippen LogP contribution in [-0.4, -0.2) is 10.0 Å². The van der Waals surface area contributed by atoms with Crippen molar-refractivity contribution in [3.63, 3.8) is 0 Å². The number of nitro groups is 1. The van der Waals surface area contributed by atoms with Crippen molar-refractivity contribution in [3.8, 4) is 0 Å². The van der Waals surface area contributed by atoms with Crippen molar-refractivity contribution >= 4 is 17.4 Å². The van der Waals surface area contributed by atoms with Gasteiger partial charge in [0.05, 0.1) is 15.9 Å². The van der Waals surface area contributed by atoms with Crippen molar-refractivity contribution in [2.24, 2.45) is 0 Å². The monoisotopic (exact) mass is 293 g/mol. The van der Waals surface area contributed by atoms with E-state index in [-0.39, 0.29) is 10.6 Å². The minimum atomic E-state index is -0.755. The molecule has 0 radical (unpaired) electrons. The van der Waals surface area contributed by atoms with Crippen molar-refractivity contribution in [1.82, 2.24) is 0 Å². The van der Waals surface area contributed by atoms with Crippen LogP contribution in [0, 0.1) is 15.9 Å². The first-order valence-electron chi connectivity index (χ1n) is 5.88. The Bertz CT molecular complexity index is 646. The Hall–Kier alpha value is -1.92. The average Bonchev–Trinajstić information content (AvgIpc) is 2.41. The lowest BCUT2D eigenvalue weighted by Gasteiger charge is -2.08. The van der Waals surface area contributed by atoms with E-state index in [0.29, 0.717) is 10.5 Å². The molecule has 1 atom stereocenters. The number of hydrogen-bond donors (Lipinski definition) is 1. The van der Waals surface area contributed by atoms with Gasteiger partial charge in [-0.15, -0.1) is 0 Å². The normalized spacial score (nSPS) is 12.2. The summed E-state index contributed by atoms with van der Waals surface area (Å²) in [7, 11) is 0. The first-order valence-corrected chi connectivity index (χ1v) is 6.69. The lowest BCUT2D eigenvalue weighted by molar-refractivity contribution is -0.387. The molecule has 1 N–H and O–H groups in total. The topological polar surface area (TPSA) is 63.4 Å². The van der Waals surface area contributed by atoms with Gasteiger partial charge in [-0.3, -0.25) is 10.1 Å². The maximum Gasteiger partial charge on any atom is 0.283 e. The Morgan fingerprint density at radius 3 is 2.55 bits per heavy atom. The quantitative estimate of drug-likeness (QED) is 0.685. The molecular formula is C14H12FNO3S. The van der Waals surface area contributed by atoms with Crippen LogP contribution >= 0.6 is 11.8 Å². The van der Waals surface area contributed by atoms with Crippen molar-refractivity contribution in [3.05, 3.63) is 64.0 Å². The molecule has 0 fully saturated rings. The van der Waals surface area contributed by atoms with Gasteiger partial charge in [0.1, 0.15) is 5.82 Å². The van der Waals surface area contributed by atoms with E-state index < -0.39 is 16.8 Å². The van der Waals surface area contributed by atoms with E-state index >= 15 is 0 Å². The fourth-order valence-electron chi connectivity index (χ4n) is 1.67. The molecule has 0 aliphatic rings. The highest BCUT2D eigenvalue weighted by Crippen LogP contribution is 2.36. The second-order valence-corrected chi connectivity index (χ2v) is 5.28. The van der Waals surface area contributed by atoms with Crippen LogP contribution < -0.4 is 0 Å². The van der Waals surface area contributed by atoms with Gasteiger partial charge in [-0.1, -0.05) is 30.0 Å². The van der Waals surface area contributed by atoms with Crippen LogP contribution in [0.25, 0.3) is 0 Å². The molecular weight excluding hydrogens is 281 g/mol. The molecule has 6 heteroatoms. The molecule has 0 bridgehead atoms. The van der Waals surface area contributed by atoms with E-state index in [0.717, 1.165) is 11.8 Å². The number of nitro benzene ring substituents is 1. The van der Waals surface area contributed by atoms with Crippen LogP contribution in [0.1, 0.15) is 18.6 Å². The van der Waals surface area contributed by atoms with E-state index in [2.05, 4.69) is 0 Å². The highest BCUT2D eigenvalue weighted by atomic mass is 32.2. The zero-order valence-corrected chi connectivity index (χ0v) is 11.4. The highest BCUT2D eigenvalue weighted by molar-refractivity contribution is 7.99. The number of para-hydroxylation sites is 1. The van der Waals surface area contributed by atoms with Crippen LogP contribution in [0.5, 0.6) is 0 Å². The number of hydrogen-bond acceptors (Lipinski definition) is 4. The molecule has 0 aromatic heterocycles. The fourth-order valence-corrected chi connectivity index (χ4v) is 2.60. The third kappa shape index (κ3) is 3.15. The molecule has 0 spiro atoms.